The van der Waals surface area contributed by atoms with Gasteiger partial charge in [-0.2, -0.15) is 0 Å². The number of rotatable bonds is 8. The van der Waals surface area contributed by atoms with E-state index in [2.05, 4.69) is 5.92 Å². The lowest BCUT2D eigenvalue weighted by Crippen LogP contribution is -2.09. The summed E-state index contributed by atoms with van der Waals surface area (Å²) in [5, 5.41) is 10.9. The molecule has 108 valence electrons. The fraction of sp³-hybridized carbons (Fsp3) is 0.429. The first-order chi connectivity index (χ1) is 9.63. The van der Waals surface area contributed by atoms with E-state index >= 15 is 0 Å². The molecule has 0 bridgehead atoms. The third-order valence-corrected chi connectivity index (χ3v) is 2.40. The van der Waals surface area contributed by atoms with Crippen LogP contribution in [0.25, 0.3) is 0 Å². The number of hydrogen-bond donors (Lipinski definition) is 0. The second-order valence-electron chi connectivity index (χ2n) is 3.72. The van der Waals surface area contributed by atoms with Gasteiger partial charge in [-0.25, -0.2) is 0 Å². The molecule has 1 aromatic rings. The highest BCUT2D eigenvalue weighted by atomic mass is 16.7. The summed E-state index contributed by atoms with van der Waals surface area (Å²) in [7, 11) is 0. The molecular weight excluding hydrogens is 262 g/mol. The Morgan fingerprint density at radius 2 is 2.00 bits per heavy atom. The van der Waals surface area contributed by atoms with Gasteiger partial charge in [0.1, 0.15) is 6.61 Å². The highest BCUT2D eigenvalue weighted by molar-refractivity contribution is 5.49. The molecule has 1 aromatic carbocycles. The molecule has 6 nitrogen and oxygen atoms in total. The van der Waals surface area contributed by atoms with E-state index in [1.807, 2.05) is 13.8 Å². The van der Waals surface area contributed by atoms with Gasteiger partial charge in [-0.3, -0.25) is 10.1 Å². The minimum Gasteiger partial charge on any atom is -0.474 e. The van der Waals surface area contributed by atoms with Crippen LogP contribution < -0.4 is 4.74 Å². The summed E-state index contributed by atoms with van der Waals surface area (Å²) in [6.07, 6.45) is 4.52. The van der Waals surface area contributed by atoms with Crippen LogP contribution in [0.4, 0.5) is 5.69 Å². The number of terminal acetylenes is 1. The van der Waals surface area contributed by atoms with Crippen molar-refractivity contribution in [2.75, 3.05) is 19.8 Å². The average Bonchev–Trinajstić information content (AvgIpc) is 2.44. The molecule has 1 rings (SSSR count). The fourth-order valence-corrected chi connectivity index (χ4v) is 1.61. The lowest BCUT2D eigenvalue weighted by Gasteiger charge is -2.17. The van der Waals surface area contributed by atoms with Crippen LogP contribution in [-0.4, -0.2) is 24.7 Å². The normalized spacial score (nSPS) is 10.3. The molecule has 0 aliphatic carbocycles. The van der Waals surface area contributed by atoms with Crippen LogP contribution in [0.5, 0.6) is 5.75 Å². The van der Waals surface area contributed by atoms with Crippen molar-refractivity contribution in [2.24, 2.45) is 0 Å². The van der Waals surface area contributed by atoms with Crippen LogP contribution in [0.2, 0.25) is 0 Å². The molecule has 0 N–H and O–H groups in total. The Hall–Kier alpha value is -2.10. The number of ether oxygens (including phenoxy) is 3. The van der Waals surface area contributed by atoms with Gasteiger partial charge in [-0.1, -0.05) is 5.92 Å². The van der Waals surface area contributed by atoms with Gasteiger partial charge in [0.15, 0.2) is 12.0 Å². The monoisotopic (exact) mass is 279 g/mol. The number of nitro benzene ring substituents is 1. The molecule has 0 unspecified atom stereocenters. The summed E-state index contributed by atoms with van der Waals surface area (Å²) in [6.45, 7) is 4.56. The number of nitrogens with zero attached hydrogens (tertiary/aromatic N) is 1. The number of nitro groups is 1. The third-order valence-electron chi connectivity index (χ3n) is 2.40. The van der Waals surface area contributed by atoms with Crippen molar-refractivity contribution in [3.8, 4) is 18.1 Å². The Bertz CT molecular complexity index is 489. The van der Waals surface area contributed by atoms with E-state index in [-0.39, 0.29) is 18.0 Å². The van der Waals surface area contributed by atoms with Crippen LogP contribution >= 0.6 is 0 Å². The predicted molar refractivity (Wildman–Crippen MR) is 73.4 cm³/mol. The number of benzene rings is 1. The Kier molecular flexibility index (Phi) is 6.50. The summed E-state index contributed by atoms with van der Waals surface area (Å²) in [5.41, 5.74) is 0.502. The second-order valence-corrected chi connectivity index (χ2v) is 3.72. The highest BCUT2D eigenvalue weighted by Crippen LogP contribution is 2.31. The van der Waals surface area contributed by atoms with Gasteiger partial charge in [0.2, 0.25) is 0 Å². The quantitative estimate of drug-likeness (QED) is 0.316. The zero-order valence-corrected chi connectivity index (χ0v) is 11.5. The minimum absolute atomic E-state index is 0.0434. The molecule has 20 heavy (non-hydrogen) atoms. The van der Waals surface area contributed by atoms with E-state index < -0.39 is 11.2 Å². The van der Waals surface area contributed by atoms with E-state index in [0.29, 0.717) is 18.8 Å². The summed E-state index contributed by atoms with van der Waals surface area (Å²) in [5.74, 6) is 2.38. The molecule has 0 fully saturated rings. The van der Waals surface area contributed by atoms with Gasteiger partial charge in [0.05, 0.1) is 4.92 Å². The summed E-state index contributed by atoms with van der Waals surface area (Å²) in [6, 6.07) is 4.45. The molecule has 0 atom stereocenters. The van der Waals surface area contributed by atoms with E-state index in [4.69, 9.17) is 20.6 Å². The standard InChI is InChI=1S/C14H17NO5/c1-4-9-20-13-10-11(7-8-12(13)15(16)17)14(18-5-2)19-6-3/h1,7-8,10,14H,5-6,9H2,2-3H3. The maximum atomic E-state index is 10.9. The lowest BCUT2D eigenvalue weighted by atomic mass is 10.2. The van der Waals surface area contributed by atoms with E-state index in [1.165, 1.54) is 12.1 Å². The van der Waals surface area contributed by atoms with Gasteiger partial charge < -0.3 is 14.2 Å². The highest BCUT2D eigenvalue weighted by Gasteiger charge is 2.19. The van der Waals surface area contributed by atoms with Crippen molar-refractivity contribution in [3.63, 3.8) is 0 Å². The minimum atomic E-state index is -0.584. The van der Waals surface area contributed by atoms with Crippen LogP contribution in [-0.2, 0) is 9.47 Å². The average molecular weight is 279 g/mol. The molecule has 0 saturated heterocycles. The molecule has 0 aliphatic rings. The molecule has 0 aromatic heterocycles. The Morgan fingerprint density at radius 1 is 1.35 bits per heavy atom. The largest absolute Gasteiger partial charge is 0.474 e. The Balaban J connectivity index is 3.09. The van der Waals surface area contributed by atoms with E-state index in [9.17, 15) is 10.1 Å². The SMILES string of the molecule is C#CCOc1cc(C(OCC)OCC)ccc1[N+](=O)[O-]. The first-order valence-corrected chi connectivity index (χ1v) is 6.21. The molecule has 6 heteroatoms. The maximum absolute atomic E-state index is 10.9. The van der Waals surface area contributed by atoms with Gasteiger partial charge in [-0.15, -0.1) is 6.42 Å². The van der Waals surface area contributed by atoms with Crippen LogP contribution in [0.15, 0.2) is 18.2 Å². The smallest absolute Gasteiger partial charge is 0.310 e. The zero-order chi connectivity index (χ0) is 15.0. The van der Waals surface area contributed by atoms with Crippen molar-refractivity contribution >= 4 is 5.69 Å². The van der Waals surface area contributed by atoms with Gasteiger partial charge in [0, 0.05) is 24.8 Å². The van der Waals surface area contributed by atoms with Crippen molar-refractivity contribution in [3.05, 3.63) is 33.9 Å². The summed E-state index contributed by atoms with van der Waals surface area (Å²) < 4.78 is 16.1. The van der Waals surface area contributed by atoms with Crippen molar-refractivity contribution in [1.29, 1.82) is 0 Å². The van der Waals surface area contributed by atoms with Crippen LogP contribution in [0, 0.1) is 22.5 Å². The van der Waals surface area contributed by atoms with Crippen molar-refractivity contribution < 1.29 is 19.1 Å². The summed E-state index contributed by atoms with van der Waals surface area (Å²) >= 11 is 0. The molecule has 0 spiro atoms. The van der Waals surface area contributed by atoms with E-state index in [0.717, 1.165) is 0 Å². The van der Waals surface area contributed by atoms with E-state index in [1.54, 1.807) is 6.07 Å². The van der Waals surface area contributed by atoms with Gasteiger partial charge in [-0.05, 0) is 26.0 Å². The molecule has 0 heterocycles. The first-order valence-electron chi connectivity index (χ1n) is 6.21. The second kappa shape index (κ2) is 8.15. The van der Waals surface area contributed by atoms with Crippen molar-refractivity contribution in [2.45, 2.75) is 20.1 Å². The fourth-order valence-electron chi connectivity index (χ4n) is 1.61. The number of hydrogen-bond acceptors (Lipinski definition) is 5. The Morgan fingerprint density at radius 3 is 2.50 bits per heavy atom. The molecule has 0 saturated carbocycles. The maximum Gasteiger partial charge on any atom is 0.310 e. The van der Waals surface area contributed by atoms with Crippen LogP contribution in [0.3, 0.4) is 0 Å². The lowest BCUT2D eigenvalue weighted by molar-refractivity contribution is -0.385. The first kappa shape index (κ1) is 16.0. The molecular formula is C14H17NO5. The Labute approximate surface area is 117 Å². The third kappa shape index (κ3) is 4.23. The zero-order valence-electron chi connectivity index (χ0n) is 11.5. The molecule has 0 amide bonds. The van der Waals surface area contributed by atoms with Crippen LogP contribution in [0.1, 0.15) is 25.7 Å². The topological polar surface area (TPSA) is 70.8 Å². The molecule has 0 radical (unpaired) electrons. The van der Waals surface area contributed by atoms with Crippen molar-refractivity contribution in [1.82, 2.24) is 0 Å². The predicted octanol–water partition coefficient (Wildman–Crippen LogP) is 2.68. The van der Waals surface area contributed by atoms with Gasteiger partial charge >= 0.3 is 5.69 Å². The van der Waals surface area contributed by atoms with Gasteiger partial charge in [0.25, 0.3) is 0 Å². The summed E-state index contributed by atoms with van der Waals surface area (Å²) in [4.78, 5) is 10.4. The molecule has 0 aliphatic heterocycles.